The number of hydrogen-bond acceptors (Lipinski definition) is 5. The van der Waals surface area contributed by atoms with Crippen molar-refractivity contribution in [2.24, 2.45) is 0 Å². The highest BCUT2D eigenvalue weighted by molar-refractivity contribution is 8.01. The molecule has 0 aliphatic carbocycles. The summed E-state index contributed by atoms with van der Waals surface area (Å²) in [7, 11) is 1.64. The fourth-order valence-corrected chi connectivity index (χ4v) is 6.88. The van der Waals surface area contributed by atoms with Crippen molar-refractivity contribution in [3.05, 3.63) is 131 Å². The average Bonchev–Trinajstić information content (AvgIpc) is 3.30. The number of nitrogens with zero attached hydrogens (tertiary/aromatic N) is 1. The van der Waals surface area contributed by atoms with E-state index < -0.39 is 10.8 Å². The van der Waals surface area contributed by atoms with E-state index in [0.717, 1.165) is 38.5 Å². The van der Waals surface area contributed by atoms with E-state index in [-0.39, 0.29) is 24.8 Å². The molecule has 4 aromatic rings. The molecule has 6 nitrogen and oxygen atoms in total. The highest BCUT2D eigenvalue weighted by atomic mass is 32.2. The maximum absolute atomic E-state index is 14.4. The highest BCUT2D eigenvalue weighted by Crippen LogP contribution is 2.53. The van der Waals surface area contributed by atoms with Gasteiger partial charge in [0.1, 0.15) is 10.5 Å². The van der Waals surface area contributed by atoms with Crippen LogP contribution in [0.5, 0.6) is 5.75 Å². The first kappa shape index (κ1) is 29.4. The van der Waals surface area contributed by atoms with Gasteiger partial charge in [-0.15, -0.1) is 11.8 Å². The van der Waals surface area contributed by atoms with Gasteiger partial charge in [0.25, 0.3) is 0 Å². The molecule has 4 aromatic carbocycles. The van der Waals surface area contributed by atoms with Crippen LogP contribution in [0.25, 0.3) is 0 Å². The maximum Gasteiger partial charge on any atom is 0.239 e. The summed E-state index contributed by atoms with van der Waals surface area (Å²) in [4.78, 5) is 31.1. The first-order chi connectivity index (χ1) is 20.4. The van der Waals surface area contributed by atoms with Gasteiger partial charge in [-0.05, 0) is 59.9 Å². The molecule has 2 N–H and O–H groups in total. The second kappa shape index (κ2) is 13.3. The summed E-state index contributed by atoms with van der Waals surface area (Å²) in [5, 5.41) is 12.9. The van der Waals surface area contributed by atoms with Crippen LogP contribution in [0.1, 0.15) is 40.3 Å². The monoisotopic (exact) mass is 580 g/mol. The Morgan fingerprint density at radius 1 is 0.929 bits per heavy atom. The van der Waals surface area contributed by atoms with Crippen molar-refractivity contribution in [3.63, 3.8) is 0 Å². The number of nitrogens with one attached hydrogen (secondary N) is 1. The van der Waals surface area contributed by atoms with Crippen molar-refractivity contribution < 1.29 is 19.4 Å². The number of aliphatic hydroxyl groups is 1. The Balaban J connectivity index is 1.51. The van der Waals surface area contributed by atoms with E-state index >= 15 is 0 Å². The van der Waals surface area contributed by atoms with Crippen LogP contribution in [0.15, 0.2) is 108 Å². The Kier molecular flexibility index (Phi) is 9.30. The third-order valence-corrected chi connectivity index (χ3v) is 9.15. The third-order valence-electron chi connectivity index (χ3n) is 7.72. The Morgan fingerprint density at radius 2 is 1.60 bits per heavy atom. The van der Waals surface area contributed by atoms with Crippen LogP contribution in [0.3, 0.4) is 0 Å². The molecule has 0 unspecified atom stereocenters. The summed E-state index contributed by atoms with van der Waals surface area (Å²) in [5.74, 6) is 0.552. The van der Waals surface area contributed by atoms with Crippen LogP contribution in [0.2, 0.25) is 0 Å². The zero-order valence-electron chi connectivity index (χ0n) is 24.0. The standard InChI is InChI=1S/C35H36N2O4S/c1-25-8-18-31(19-9-25)42-35(34(40)36-21-20-26-12-16-30(41-2)17-13-26)22-32(39)37(23-27-6-4-3-5-7-27)33(35)29-14-10-28(24-38)11-15-29/h3-19,33,38H,20-24H2,1-2H3,(H,36,40)/t33-,35-/m1/s1. The molecule has 1 heterocycles. The van der Waals surface area contributed by atoms with Crippen LogP contribution >= 0.6 is 11.8 Å². The Labute approximate surface area is 251 Å². The van der Waals surface area contributed by atoms with Gasteiger partial charge in [0.05, 0.1) is 26.2 Å². The van der Waals surface area contributed by atoms with Gasteiger partial charge >= 0.3 is 0 Å². The van der Waals surface area contributed by atoms with E-state index in [1.54, 1.807) is 7.11 Å². The lowest BCUT2D eigenvalue weighted by molar-refractivity contribution is -0.129. The summed E-state index contributed by atoms with van der Waals surface area (Å²) in [6.45, 7) is 2.78. The highest BCUT2D eigenvalue weighted by Gasteiger charge is 2.58. The van der Waals surface area contributed by atoms with Crippen LogP contribution in [-0.4, -0.2) is 40.2 Å². The molecular formula is C35H36N2O4S. The molecule has 0 bridgehead atoms. The molecule has 2 amide bonds. The third kappa shape index (κ3) is 6.53. The number of amides is 2. The van der Waals surface area contributed by atoms with Gasteiger partial charge in [-0.3, -0.25) is 9.59 Å². The molecule has 1 aliphatic heterocycles. The average molecular weight is 581 g/mol. The number of aryl methyl sites for hydroxylation is 1. The summed E-state index contributed by atoms with van der Waals surface area (Å²) in [5.41, 5.74) is 4.85. The smallest absolute Gasteiger partial charge is 0.239 e. The van der Waals surface area contributed by atoms with Gasteiger partial charge in [0.2, 0.25) is 11.8 Å². The number of carbonyl (C=O) groups is 2. The van der Waals surface area contributed by atoms with Crippen LogP contribution in [0.4, 0.5) is 0 Å². The summed E-state index contributed by atoms with van der Waals surface area (Å²) in [6, 6.07) is 32.8. The predicted molar refractivity (Wildman–Crippen MR) is 166 cm³/mol. The molecule has 42 heavy (non-hydrogen) atoms. The molecule has 216 valence electrons. The summed E-state index contributed by atoms with van der Waals surface area (Å²) in [6.07, 6.45) is 0.720. The van der Waals surface area contributed by atoms with E-state index in [1.807, 2.05) is 115 Å². The van der Waals surface area contributed by atoms with E-state index in [2.05, 4.69) is 5.32 Å². The molecule has 0 saturated carbocycles. The van der Waals surface area contributed by atoms with E-state index in [4.69, 9.17) is 4.74 Å². The van der Waals surface area contributed by atoms with Crippen LogP contribution < -0.4 is 10.1 Å². The Hall–Kier alpha value is -4.07. The van der Waals surface area contributed by atoms with Crippen molar-refractivity contribution >= 4 is 23.6 Å². The topological polar surface area (TPSA) is 78.9 Å². The lowest BCUT2D eigenvalue weighted by Crippen LogP contribution is -2.48. The molecule has 7 heteroatoms. The SMILES string of the molecule is COc1ccc(CCNC(=O)[C@@]2(Sc3ccc(C)cc3)CC(=O)N(Cc3ccccc3)[C@@H]2c2ccc(CO)cc2)cc1. The number of likely N-dealkylation sites (tertiary alicyclic amines) is 1. The normalized spacial score (nSPS) is 18.2. The number of rotatable bonds is 11. The van der Waals surface area contributed by atoms with Crippen molar-refractivity contribution in [2.45, 2.75) is 48.6 Å². The van der Waals surface area contributed by atoms with E-state index in [9.17, 15) is 14.7 Å². The second-order valence-corrected chi connectivity index (χ2v) is 12.0. The molecular weight excluding hydrogens is 544 g/mol. The minimum Gasteiger partial charge on any atom is -0.497 e. The number of carbonyl (C=O) groups excluding carboxylic acids is 2. The first-order valence-electron chi connectivity index (χ1n) is 14.1. The van der Waals surface area contributed by atoms with Gasteiger partial charge in [-0.25, -0.2) is 0 Å². The summed E-state index contributed by atoms with van der Waals surface area (Å²) >= 11 is 1.46. The number of thioether (sulfide) groups is 1. The van der Waals surface area contributed by atoms with Gasteiger partial charge in [0.15, 0.2) is 0 Å². The predicted octanol–water partition coefficient (Wildman–Crippen LogP) is 5.86. The molecule has 5 rings (SSSR count). The number of benzene rings is 4. The van der Waals surface area contributed by atoms with Crippen LogP contribution in [-0.2, 0) is 29.2 Å². The first-order valence-corrected chi connectivity index (χ1v) is 14.9. The van der Waals surface area contributed by atoms with Gasteiger partial charge in [-0.2, -0.15) is 0 Å². The van der Waals surface area contributed by atoms with Gasteiger partial charge in [-0.1, -0.05) is 84.4 Å². The molecule has 0 spiro atoms. The second-order valence-electron chi connectivity index (χ2n) is 10.6. The van der Waals surface area contributed by atoms with Crippen molar-refractivity contribution in [1.82, 2.24) is 10.2 Å². The van der Waals surface area contributed by atoms with E-state index in [1.165, 1.54) is 11.8 Å². The Bertz CT molecular complexity index is 1490. The van der Waals surface area contributed by atoms with Gasteiger partial charge in [0, 0.05) is 18.0 Å². The lowest BCUT2D eigenvalue weighted by atomic mass is 9.90. The van der Waals surface area contributed by atoms with Gasteiger partial charge < -0.3 is 20.1 Å². The number of aliphatic hydroxyl groups excluding tert-OH is 1. The zero-order valence-corrected chi connectivity index (χ0v) is 24.8. The molecule has 1 saturated heterocycles. The largest absolute Gasteiger partial charge is 0.497 e. The summed E-state index contributed by atoms with van der Waals surface area (Å²) < 4.78 is 4.16. The minimum absolute atomic E-state index is 0.0686. The number of hydrogen-bond donors (Lipinski definition) is 2. The molecule has 0 aromatic heterocycles. The van der Waals surface area contributed by atoms with Crippen molar-refractivity contribution in [1.29, 1.82) is 0 Å². The molecule has 0 radical (unpaired) electrons. The maximum atomic E-state index is 14.4. The minimum atomic E-state index is -1.11. The van der Waals surface area contributed by atoms with Crippen molar-refractivity contribution in [2.75, 3.05) is 13.7 Å². The fourth-order valence-electron chi connectivity index (χ4n) is 5.45. The number of methoxy groups -OCH3 is 1. The molecule has 1 fully saturated rings. The Morgan fingerprint density at radius 3 is 2.24 bits per heavy atom. The van der Waals surface area contributed by atoms with E-state index in [0.29, 0.717) is 19.5 Å². The van der Waals surface area contributed by atoms with Crippen molar-refractivity contribution in [3.8, 4) is 5.75 Å². The quantitative estimate of drug-likeness (QED) is 0.232. The van der Waals surface area contributed by atoms with Crippen LogP contribution in [0, 0.1) is 6.92 Å². The lowest BCUT2D eigenvalue weighted by Gasteiger charge is -2.37. The molecule has 2 atom stereocenters. The zero-order chi connectivity index (χ0) is 29.5. The molecule has 1 aliphatic rings. The number of ether oxygens (including phenoxy) is 1. The fraction of sp³-hybridized carbons (Fsp3) is 0.257.